The molecule has 0 aliphatic carbocycles. The second-order valence-corrected chi connectivity index (χ2v) is 6.07. The molecule has 106 valence electrons. The van der Waals surface area contributed by atoms with E-state index >= 15 is 0 Å². The fraction of sp³-hybridized carbons (Fsp3) is 0.333. The lowest BCUT2D eigenvalue weighted by Gasteiger charge is -2.15. The summed E-state index contributed by atoms with van der Waals surface area (Å²) >= 11 is 7.41. The lowest BCUT2D eigenvalue weighted by Crippen LogP contribution is -2.25. The normalized spacial score (nSPS) is 10.5. The molecule has 1 heterocycles. The van der Waals surface area contributed by atoms with E-state index in [4.69, 9.17) is 11.6 Å². The first-order chi connectivity index (χ1) is 9.65. The van der Waals surface area contributed by atoms with E-state index < -0.39 is 0 Å². The van der Waals surface area contributed by atoms with Gasteiger partial charge < -0.3 is 4.90 Å². The number of carbonyl (C=O) groups is 1. The van der Waals surface area contributed by atoms with Crippen molar-refractivity contribution in [1.29, 1.82) is 0 Å². The number of halogens is 1. The molecule has 0 N–H and O–H groups in total. The van der Waals surface area contributed by atoms with Crippen molar-refractivity contribution in [2.75, 3.05) is 7.05 Å². The number of aryl methyl sites for hydroxylation is 1. The van der Waals surface area contributed by atoms with Gasteiger partial charge in [0.2, 0.25) is 5.91 Å². The Balaban J connectivity index is 1.73. The van der Waals surface area contributed by atoms with Crippen molar-refractivity contribution in [3.8, 4) is 0 Å². The Morgan fingerprint density at radius 1 is 1.35 bits per heavy atom. The Kier molecular flexibility index (Phi) is 5.56. The number of aromatic nitrogens is 1. The van der Waals surface area contributed by atoms with Gasteiger partial charge in [0.25, 0.3) is 0 Å². The molecule has 1 amide bonds. The molecule has 20 heavy (non-hydrogen) atoms. The van der Waals surface area contributed by atoms with Crippen LogP contribution in [-0.4, -0.2) is 22.8 Å². The molecular weight excluding hydrogens is 292 g/mol. The fourth-order valence-corrected chi connectivity index (χ4v) is 2.70. The summed E-state index contributed by atoms with van der Waals surface area (Å²) in [7, 11) is 1.83. The number of hydrogen-bond acceptors (Lipinski definition) is 3. The maximum atomic E-state index is 12.0. The van der Waals surface area contributed by atoms with Gasteiger partial charge in [-0.2, -0.15) is 0 Å². The highest BCUT2D eigenvalue weighted by Gasteiger charge is 2.10. The predicted octanol–water partition coefficient (Wildman–Crippen LogP) is 3.78. The third-order valence-electron chi connectivity index (χ3n) is 3.05. The first kappa shape index (κ1) is 15.0. The van der Waals surface area contributed by atoms with Gasteiger partial charge in [-0.25, -0.2) is 4.98 Å². The summed E-state index contributed by atoms with van der Waals surface area (Å²) in [6, 6.07) is 7.78. The topological polar surface area (TPSA) is 33.2 Å². The van der Waals surface area contributed by atoms with E-state index in [2.05, 4.69) is 4.98 Å². The molecule has 3 nitrogen and oxygen atoms in total. The molecule has 1 aromatic carbocycles. The van der Waals surface area contributed by atoms with E-state index in [1.807, 2.05) is 36.7 Å². The second-order valence-electron chi connectivity index (χ2n) is 4.66. The van der Waals surface area contributed by atoms with Gasteiger partial charge in [0.1, 0.15) is 5.01 Å². The third kappa shape index (κ3) is 4.62. The smallest absolute Gasteiger partial charge is 0.222 e. The summed E-state index contributed by atoms with van der Waals surface area (Å²) in [6.45, 7) is 0.595. The van der Waals surface area contributed by atoms with Crippen LogP contribution in [0.5, 0.6) is 0 Å². The van der Waals surface area contributed by atoms with E-state index in [-0.39, 0.29) is 5.91 Å². The van der Waals surface area contributed by atoms with Crippen molar-refractivity contribution in [3.05, 3.63) is 51.4 Å². The number of amides is 1. The van der Waals surface area contributed by atoms with Crippen LogP contribution in [0.3, 0.4) is 0 Å². The molecule has 0 unspecified atom stereocenters. The molecule has 0 bridgehead atoms. The Hall–Kier alpha value is -1.39. The van der Waals surface area contributed by atoms with E-state index in [9.17, 15) is 4.79 Å². The van der Waals surface area contributed by atoms with E-state index in [0.29, 0.717) is 13.0 Å². The third-order valence-corrected chi connectivity index (χ3v) is 4.07. The first-order valence-electron chi connectivity index (χ1n) is 6.52. The molecule has 2 aromatic rings. The fourth-order valence-electron chi connectivity index (χ4n) is 1.91. The molecule has 2 rings (SSSR count). The van der Waals surface area contributed by atoms with Crippen LogP contribution in [0.25, 0.3) is 0 Å². The molecule has 0 aliphatic rings. The molecule has 5 heteroatoms. The van der Waals surface area contributed by atoms with Crippen LogP contribution in [0.15, 0.2) is 35.8 Å². The van der Waals surface area contributed by atoms with Gasteiger partial charge in [0.15, 0.2) is 0 Å². The number of benzene rings is 1. The average Bonchev–Trinajstić information content (AvgIpc) is 2.93. The summed E-state index contributed by atoms with van der Waals surface area (Å²) in [6.07, 6.45) is 4.07. The van der Waals surface area contributed by atoms with Gasteiger partial charge >= 0.3 is 0 Å². The van der Waals surface area contributed by atoms with Crippen molar-refractivity contribution < 1.29 is 4.79 Å². The standard InChI is InChI=1S/C15H17ClN2OS/c1-18(11-14-17-9-10-20-14)15(19)4-2-3-12-5-7-13(16)8-6-12/h5-10H,2-4,11H2,1H3. The van der Waals surface area contributed by atoms with Crippen LogP contribution in [0, 0.1) is 0 Å². The van der Waals surface area contributed by atoms with Gasteiger partial charge in [-0.15, -0.1) is 11.3 Å². The Morgan fingerprint density at radius 3 is 2.75 bits per heavy atom. The highest BCUT2D eigenvalue weighted by atomic mass is 35.5. The van der Waals surface area contributed by atoms with Crippen molar-refractivity contribution in [1.82, 2.24) is 9.88 Å². The van der Waals surface area contributed by atoms with Crippen LogP contribution in [0.1, 0.15) is 23.4 Å². The molecule has 0 atom stereocenters. The van der Waals surface area contributed by atoms with Gasteiger partial charge in [-0.05, 0) is 30.5 Å². The van der Waals surface area contributed by atoms with Crippen molar-refractivity contribution in [2.24, 2.45) is 0 Å². The summed E-state index contributed by atoms with van der Waals surface area (Å²) in [5, 5.41) is 3.64. The minimum absolute atomic E-state index is 0.161. The molecule has 0 fully saturated rings. The van der Waals surface area contributed by atoms with Crippen molar-refractivity contribution in [2.45, 2.75) is 25.8 Å². The van der Waals surface area contributed by atoms with Crippen LogP contribution in [0.2, 0.25) is 5.02 Å². The van der Waals surface area contributed by atoms with Crippen molar-refractivity contribution >= 4 is 28.8 Å². The number of carbonyl (C=O) groups excluding carboxylic acids is 1. The van der Waals surface area contributed by atoms with Gasteiger partial charge in [-0.1, -0.05) is 23.7 Å². The number of hydrogen-bond donors (Lipinski definition) is 0. The monoisotopic (exact) mass is 308 g/mol. The number of rotatable bonds is 6. The van der Waals surface area contributed by atoms with Crippen molar-refractivity contribution in [3.63, 3.8) is 0 Å². The summed E-state index contributed by atoms with van der Waals surface area (Å²) < 4.78 is 0. The molecule has 0 spiro atoms. The Morgan fingerprint density at radius 2 is 2.10 bits per heavy atom. The zero-order chi connectivity index (χ0) is 14.4. The number of thiazole rings is 1. The summed E-state index contributed by atoms with van der Waals surface area (Å²) in [5.74, 6) is 0.161. The zero-order valence-corrected chi connectivity index (χ0v) is 13.0. The van der Waals surface area contributed by atoms with Crippen LogP contribution >= 0.6 is 22.9 Å². The van der Waals surface area contributed by atoms with Crippen LogP contribution in [-0.2, 0) is 17.8 Å². The second kappa shape index (κ2) is 7.41. The predicted molar refractivity (Wildman–Crippen MR) is 83.0 cm³/mol. The Bertz CT molecular complexity index is 540. The minimum atomic E-state index is 0.161. The summed E-state index contributed by atoms with van der Waals surface area (Å²) in [4.78, 5) is 17.9. The van der Waals surface area contributed by atoms with Gasteiger partial charge in [-0.3, -0.25) is 4.79 Å². The maximum Gasteiger partial charge on any atom is 0.222 e. The SMILES string of the molecule is CN(Cc1nccs1)C(=O)CCCc1ccc(Cl)cc1. The molecule has 1 aromatic heterocycles. The molecule has 0 saturated heterocycles. The number of nitrogens with zero attached hydrogens (tertiary/aromatic N) is 2. The maximum absolute atomic E-state index is 12.0. The van der Waals surface area contributed by atoms with Gasteiger partial charge in [0, 0.05) is 30.1 Å². The van der Waals surface area contributed by atoms with E-state index in [1.165, 1.54) is 5.56 Å². The highest BCUT2D eigenvalue weighted by molar-refractivity contribution is 7.09. The molecule has 0 radical (unpaired) electrons. The van der Waals surface area contributed by atoms with E-state index in [1.54, 1.807) is 22.4 Å². The quantitative estimate of drug-likeness (QED) is 0.813. The largest absolute Gasteiger partial charge is 0.339 e. The summed E-state index contributed by atoms with van der Waals surface area (Å²) in [5.41, 5.74) is 1.21. The lowest BCUT2D eigenvalue weighted by atomic mass is 10.1. The zero-order valence-electron chi connectivity index (χ0n) is 11.4. The Labute approximate surface area is 128 Å². The molecule has 0 saturated carbocycles. The van der Waals surface area contributed by atoms with Gasteiger partial charge in [0.05, 0.1) is 6.54 Å². The lowest BCUT2D eigenvalue weighted by molar-refractivity contribution is -0.130. The first-order valence-corrected chi connectivity index (χ1v) is 7.77. The van der Waals surface area contributed by atoms with Crippen LogP contribution < -0.4 is 0 Å². The van der Waals surface area contributed by atoms with E-state index in [0.717, 1.165) is 22.9 Å². The van der Waals surface area contributed by atoms with Crippen LogP contribution in [0.4, 0.5) is 0 Å². The minimum Gasteiger partial charge on any atom is -0.339 e. The molecular formula is C15H17ClN2OS. The average molecular weight is 309 g/mol. The molecule has 0 aliphatic heterocycles. The highest BCUT2D eigenvalue weighted by Crippen LogP contribution is 2.13.